The molecule has 1 aliphatic heterocycles. The zero-order valence-corrected chi connectivity index (χ0v) is 19.6. The monoisotopic (exact) mass is 501 g/mol. The van der Waals surface area contributed by atoms with Crippen LogP contribution in [0.2, 0.25) is 0 Å². The van der Waals surface area contributed by atoms with E-state index < -0.39 is 41.8 Å². The molecule has 2 aromatic rings. The Bertz CT molecular complexity index is 1280. The van der Waals surface area contributed by atoms with Crippen molar-refractivity contribution in [1.82, 2.24) is 4.90 Å². The number of hydrogen-bond acceptors (Lipinski definition) is 5. The molecule has 1 heterocycles. The molecule has 2 aromatic carbocycles. The van der Waals surface area contributed by atoms with E-state index in [9.17, 15) is 32.7 Å². The Morgan fingerprint density at radius 3 is 2.31 bits per heavy atom. The van der Waals surface area contributed by atoms with Crippen molar-refractivity contribution >= 4 is 23.7 Å². The van der Waals surface area contributed by atoms with Crippen LogP contribution in [0.25, 0.3) is 0 Å². The van der Waals surface area contributed by atoms with E-state index in [1.807, 2.05) is 6.07 Å². The van der Waals surface area contributed by atoms with E-state index in [0.717, 1.165) is 35.1 Å². The largest absolute Gasteiger partial charge is 0.478 e. The van der Waals surface area contributed by atoms with Gasteiger partial charge in [0.2, 0.25) is 0 Å². The summed E-state index contributed by atoms with van der Waals surface area (Å²) in [7, 11) is 1.09. The summed E-state index contributed by atoms with van der Waals surface area (Å²) in [5.41, 5.74) is -2.76. The number of allylic oxidation sites excluding steroid dienone is 1. The Morgan fingerprint density at radius 2 is 1.81 bits per heavy atom. The molecule has 0 aromatic heterocycles. The normalized spacial score (nSPS) is 18.2. The van der Waals surface area contributed by atoms with Crippen LogP contribution in [0.5, 0.6) is 0 Å². The van der Waals surface area contributed by atoms with Gasteiger partial charge in [-0.2, -0.15) is 18.4 Å². The lowest BCUT2D eigenvalue weighted by atomic mass is 9.75. The zero-order valence-electron chi connectivity index (χ0n) is 19.6. The van der Waals surface area contributed by atoms with E-state index in [2.05, 4.69) is 0 Å². The van der Waals surface area contributed by atoms with Crippen molar-refractivity contribution in [3.63, 3.8) is 0 Å². The highest BCUT2D eigenvalue weighted by Gasteiger charge is 2.53. The maximum atomic E-state index is 13.9. The van der Waals surface area contributed by atoms with Gasteiger partial charge in [0.1, 0.15) is 12.1 Å². The molecule has 3 rings (SSSR count). The molecule has 8 nitrogen and oxygen atoms in total. The number of nitrogens with zero attached hydrogens (tertiary/aromatic N) is 3. The summed E-state index contributed by atoms with van der Waals surface area (Å²) >= 11 is 0. The van der Waals surface area contributed by atoms with Crippen LogP contribution in [0, 0.1) is 11.3 Å². The third-order valence-electron chi connectivity index (χ3n) is 6.16. The third-order valence-corrected chi connectivity index (χ3v) is 6.16. The molecule has 0 bridgehead atoms. The second-order valence-electron chi connectivity index (χ2n) is 8.00. The van der Waals surface area contributed by atoms with Crippen molar-refractivity contribution in [2.45, 2.75) is 32.0 Å². The van der Waals surface area contributed by atoms with Gasteiger partial charge in [-0.15, -0.1) is 0 Å². The molecular weight excluding hydrogens is 479 g/mol. The van der Waals surface area contributed by atoms with Crippen LogP contribution in [0.3, 0.4) is 0 Å². The minimum Gasteiger partial charge on any atom is -0.478 e. The second kappa shape index (κ2) is 9.73. The molecule has 0 radical (unpaired) electrons. The van der Waals surface area contributed by atoms with Crippen LogP contribution in [0.4, 0.5) is 23.7 Å². The van der Waals surface area contributed by atoms with Crippen LogP contribution in [-0.2, 0) is 26.0 Å². The number of anilines is 1. The van der Waals surface area contributed by atoms with E-state index in [1.54, 1.807) is 6.92 Å². The third kappa shape index (κ3) is 4.37. The number of carboxylic acids is 1. The lowest BCUT2D eigenvalue weighted by Crippen LogP contribution is -2.61. The topological polar surface area (TPSA) is 111 Å². The van der Waals surface area contributed by atoms with E-state index >= 15 is 0 Å². The van der Waals surface area contributed by atoms with Gasteiger partial charge in [0.15, 0.2) is 0 Å². The predicted molar refractivity (Wildman–Crippen MR) is 122 cm³/mol. The molecule has 0 saturated carbocycles. The maximum Gasteiger partial charge on any atom is 0.416 e. The Labute approximate surface area is 204 Å². The molecule has 0 unspecified atom stereocenters. The number of benzene rings is 2. The molecule has 1 aliphatic rings. The fourth-order valence-electron chi connectivity index (χ4n) is 4.52. The summed E-state index contributed by atoms with van der Waals surface area (Å²) in [5, 5.41) is 19.5. The van der Waals surface area contributed by atoms with E-state index in [-0.39, 0.29) is 28.9 Å². The Morgan fingerprint density at radius 1 is 1.17 bits per heavy atom. The second-order valence-corrected chi connectivity index (χ2v) is 8.00. The molecule has 11 heteroatoms. The fraction of sp³-hybridized carbons (Fsp3) is 0.280. The average Bonchev–Trinajstić information content (AvgIpc) is 2.84. The van der Waals surface area contributed by atoms with Crippen LogP contribution in [-0.4, -0.2) is 41.6 Å². The van der Waals surface area contributed by atoms with Crippen molar-refractivity contribution in [3.05, 3.63) is 76.5 Å². The van der Waals surface area contributed by atoms with Gasteiger partial charge in [0, 0.05) is 5.70 Å². The Hall–Kier alpha value is -4.33. The molecule has 36 heavy (non-hydrogen) atoms. The van der Waals surface area contributed by atoms with E-state index in [0.29, 0.717) is 5.56 Å². The number of ether oxygens (including phenoxy) is 1. The number of esters is 1. The van der Waals surface area contributed by atoms with E-state index in [1.165, 1.54) is 37.3 Å². The first-order valence-electron chi connectivity index (χ1n) is 10.7. The first kappa shape index (κ1) is 26.3. The van der Waals surface area contributed by atoms with Crippen molar-refractivity contribution in [3.8, 4) is 6.07 Å². The molecule has 0 spiro atoms. The fourth-order valence-corrected chi connectivity index (χ4v) is 4.52. The highest BCUT2D eigenvalue weighted by molar-refractivity contribution is 6.04. The van der Waals surface area contributed by atoms with Crippen molar-refractivity contribution in [1.29, 1.82) is 5.26 Å². The van der Waals surface area contributed by atoms with Crippen LogP contribution < -0.4 is 4.90 Å². The van der Waals surface area contributed by atoms with Crippen molar-refractivity contribution in [2.75, 3.05) is 18.6 Å². The SMILES string of the molecule is CC[C@@]1(c2ccc(C#N)cc2)C(C(=O)O)=C(C)N(c2cccc(C(F)(F)F)c2)C(=O)N1CC(=O)OC. The number of alkyl halides is 3. The van der Waals surface area contributed by atoms with Gasteiger partial charge in [-0.05, 0) is 49.2 Å². The number of nitriles is 1. The van der Waals surface area contributed by atoms with Crippen LogP contribution in [0.1, 0.15) is 37.0 Å². The lowest BCUT2D eigenvalue weighted by Gasteiger charge is -2.50. The molecule has 188 valence electrons. The molecule has 2 amide bonds. The van der Waals surface area contributed by atoms with Crippen molar-refractivity contribution in [2.24, 2.45) is 0 Å². The highest BCUT2D eigenvalue weighted by Crippen LogP contribution is 2.47. The summed E-state index contributed by atoms with van der Waals surface area (Å²) in [6.45, 7) is 2.26. The maximum absolute atomic E-state index is 13.9. The van der Waals surface area contributed by atoms with Gasteiger partial charge in [-0.1, -0.05) is 25.1 Å². The average molecular weight is 501 g/mol. The smallest absolute Gasteiger partial charge is 0.416 e. The summed E-state index contributed by atoms with van der Waals surface area (Å²) < 4.78 is 44.9. The van der Waals surface area contributed by atoms with Crippen LogP contribution >= 0.6 is 0 Å². The zero-order chi connectivity index (χ0) is 26.8. The van der Waals surface area contributed by atoms with Gasteiger partial charge in [0.05, 0.1) is 35.6 Å². The molecule has 0 saturated heterocycles. The standard InChI is InChI=1S/C25H22F3N3O5/c1-4-24(17-10-8-16(13-29)9-11-17)21(22(33)34)15(2)31(23(35)30(24)14-20(32)36-3)19-7-5-6-18(12-19)25(26,27)28/h5-12H,4,14H2,1-3H3,(H,33,34)/t24-/m1/s1. The molecular formula is C25H22F3N3O5. The lowest BCUT2D eigenvalue weighted by molar-refractivity contribution is -0.143. The minimum absolute atomic E-state index is 0.00294. The number of rotatable bonds is 6. The quantitative estimate of drug-likeness (QED) is 0.577. The summed E-state index contributed by atoms with van der Waals surface area (Å²) in [4.78, 5) is 40.7. The number of amides is 2. The predicted octanol–water partition coefficient (Wildman–Crippen LogP) is 4.66. The number of carbonyl (C=O) groups excluding carboxylic acids is 2. The number of hydrogen-bond donors (Lipinski definition) is 1. The van der Waals surface area contributed by atoms with Gasteiger partial charge in [-0.3, -0.25) is 14.6 Å². The highest BCUT2D eigenvalue weighted by atomic mass is 19.4. The number of carboxylic acid groups (broad SMARTS) is 1. The van der Waals surface area contributed by atoms with Gasteiger partial charge in [-0.25, -0.2) is 9.59 Å². The summed E-state index contributed by atoms with van der Waals surface area (Å²) in [5.74, 6) is -2.29. The molecule has 1 N–H and O–H groups in total. The number of methoxy groups -OCH3 is 1. The summed E-state index contributed by atoms with van der Waals surface area (Å²) in [6.07, 6.45) is -4.71. The minimum atomic E-state index is -4.70. The van der Waals surface area contributed by atoms with Crippen LogP contribution in [0.15, 0.2) is 59.8 Å². The Kier molecular flexibility index (Phi) is 7.10. The molecule has 0 aliphatic carbocycles. The Balaban J connectivity index is 2.38. The number of carbonyl (C=O) groups is 3. The van der Waals surface area contributed by atoms with Gasteiger partial charge < -0.3 is 9.84 Å². The van der Waals surface area contributed by atoms with Gasteiger partial charge in [0.25, 0.3) is 0 Å². The number of aliphatic carboxylic acids is 1. The first-order valence-corrected chi connectivity index (χ1v) is 10.7. The van der Waals surface area contributed by atoms with E-state index in [4.69, 9.17) is 10.00 Å². The number of halogens is 3. The van der Waals surface area contributed by atoms with Crippen molar-refractivity contribution < 1.29 is 37.4 Å². The number of urea groups is 1. The summed E-state index contributed by atoms with van der Waals surface area (Å²) in [6, 6.07) is 10.8. The molecule has 0 fully saturated rings. The first-order chi connectivity index (χ1) is 16.9. The molecule has 1 atom stereocenters. The van der Waals surface area contributed by atoms with Gasteiger partial charge >= 0.3 is 24.1 Å².